The summed E-state index contributed by atoms with van der Waals surface area (Å²) < 4.78 is 26.5. The highest BCUT2D eigenvalue weighted by atomic mass is 79.9. The maximum absolute atomic E-state index is 12.5. The average Bonchev–Trinajstić information content (AvgIpc) is 2.94. The van der Waals surface area contributed by atoms with Crippen molar-refractivity contribution in [2.75, 3.05) is 0 Å². The topological polar surface area (TPSA) is 62.8 Å². The summed E-state index contributed by atoms with van der Waals surface area (Å²) in [5, 5.41) is 7.52. The summed E-state index contributed by atoms with van der Waals surface area (Å²) in [4.78, 5) is 0.511. The van der Waals surface area contributed by atoms with Crippen LogP contribution in [0.4, 0.5) is 0 Å². The molecule has 3 rings (SSSR count). The minimum Gasteiger partial charge on any atom is -0.258 e. The van der Waals surface area contributed by atoms with Crippen LogP contribution in [0.2, 0.25) is 0 Å². The number of aromatic nitrogens is 2. The van der Waals surface area contributed by atoms with Gasteiger partial charge < -0.3 is 0 Å². The predicted molar refractivity (Wildman–Crippen MR) is 92.3 cm³/mol. The van der Waals surface area contributed by atoms with Gasteiger partial charge in [0.2, 0.25) is 9.84 Å². The van der Waals surface area contributed by atoms with Crippen molar-refractivity contribution >= 4 is 49.3 Å². The van der Waals surface area contributed by atoms with Crippen molar-refractivity contribution in [2.45, 2.75) is 9.79 Å². The molecule has 0 aliphatic heterocycles. The van der Waals surface area contributed by atoms with Gasteiger partial charge in [-0.2, -0.15) is 5.10 Å². The monoisotopic (exact) mass is 412 g/mol. The van der Waals surface area contributed by atoms with Crippen molar-refractivity contribution in [3.63, 3.8) is 0 Å². The van der Waals surface area contributed by atoms with Gasteiger partial charge in [-0.05, 0) is 48.6 Å². The van der Waals surface area contributed by atoms with E-state index in [1.54, 1.807) is 48.5 Å². The molecule has 0 bridgehead atoms. The maximum atomic E-state index is 12.5. The molecule has 112 valence electrons. The van der Waals surface area contributed by atoms with E-state index in [1.807, 2.05) is 0 Å². The molecule has 0 radical (unpaired) electrons. The maximum Gasteiger partial charge on any atom is 0.206 e. The molecular weight excluding hydrogens is 404 g/mol. The number of hydrogen-bond donors (Lipinski definition) is 1. The molecule has 2 aromatic carbocycles. The van der Waals surface area contributed by atoms with Crippen LogP contribution in [0.5, 0.6) is 0 Å². The van der Waals surface area contributed by atoms with Gasteiger partial charge in [-0.15, -0.1) is 0 Å². The van der Waals surface area contributed by atoms with Crippen LogP contribution in [0.3, 0.4) is 0 Å². The van der Waals surface area contributed by atoms with Gasteiger partial charge in [0.1, 0.15) is 5.01 Å². The van der Waals surface area contributed by atoms with E-state index in [4.69, 9.17) is 12.2 Å². The smallest absolute Gasteiger partial charge is 0.206 e. The van der Waals surface area contributed by atoms with Crippen molar-refractivity contribution in [1.82, 2.24) is 10.2 Å². The SMILES string of the molecule is O=S(=O)(c1ccc(Br)cc1)c1ccc(-c2n[nH]c(=S)s2)cc1. The molecule has 0 aliphatic rings. The Morgan fingerprint density at radius 2 is 1.55 bits per heavy atom. The third-order valence-corrected chi connectivity index (χ3v) is 6.43. The summed E-state index contributed by atoms with van der Waals surface area (Å²) in [5.74, 6) is 0. The number of halogens is 1. The third kappa shape index (κ3) is 3.05. The Labute approximate surface area is 144 Å². The number of nitrogens with zero attached hydrogens (tertiary/aromatic N) is 1. The van der Waals surface area contributed by atoms with Crippen LogP contribution in [-0.4, -0.2) is 18.6 Å². The molecule has 8 heteroatoms. The number of rotatable bonds is 3. The lowest BCUT2D eigenvalue weighted by Gasteiger charge is -2.05. The molecule has 1 heterocycles. The van der Waals surface area contributed by atoms with E-state index in [2.05, 4.69) is 26.1 Å². The lowest BCUT2D eigenvalue weighted by atomic mass is 10.2. The van der Waals surface area contributed by atoms with Crippen LogP contribution in [0.1, 0.15) is 0 Å². The summed E-state index contributed by atoms with van der Waals surface area (Å²) in [6, 6.07) is 13.2. The fourth-order valence-corrected chi connectivity index (χ4v) is 4.30. The fraction of sp³-hybridized carbons (Fsp3) is 0. The summed E-state index contributed by atoms with van der Waals surface area (Å²) in [6.45, 7) is 0. The van der Waals surface area contributed by atoms with E-state index in [1.165, 1.54) is 11.3 Å². The molecule has 3 aromatic rings. The second-order valence-electron chi connectivity index (χ2n) is 4.40. The molecule has 0 fully saturated rings. The molecule has 0 atom stereocenters. The molecule has 0 unspecified atom stereocenters. The Morgan fingerprint density at radius 1 is 1.00 bits per heavy atom. The molecule has 0 saturated carbocycles. The van der Waals surface area contributed by atoms with Gasteiger partial charge in [-0.1, -0.05) is 39.4 Å². The lowest BCUT2D eigenvalue weighted by Crippen LogP contribution is -2.01. The summed E-state index contributed by atoms with van der Waals surface area (Å²) in [7, 11) is -3.52. The van der Waals surface area contributed by atoms with Crippen LogP contribution in [0, 0.1) is 3.95 Å². The van der Waals surface area contributed by atoms with Crippen LogP contribution in [0.25, 0.3) is 10.6 Å². The van der Waals surface area contributed by atoms with Crippen molar-refractivity contribution in [1.29, 1.82) is 0 Å². The van der Waals surface area contributed by atoms with E-state index >= 15 is 0 Å². The number of nitrogens with one attached hydrogen (secondary N) is 1. The molecule has 0 spiro atoms. The average molecular weight is 413 g/mol. The van der Waals surface area contributed by atoms with Crippen molar-refractivity contribution in [3.05, 3.63) is 57.0 Å². The number of benzene rings is 2. The van der Waals surface area contributed by atoms with Gasteiger partial charge in [-0.25, -0.2) is 8.42 Å². The first kappa shape index (κ1) is 15.5. The summed E-state index contributed by atoms with van der Waals surface area (Å²) in [5.41, 5.74) is 0.826. The van der Waals surface area contributed by atoms with Gasteiger partial charge in [0.05, 0.1) is 9.79 Å². The summed E-state index contributed by atoms with van der Waals surface area (Å²) >= 11 is 9.63. The molecule has 4 nitrogen and oxygen atoms in total. The molecule has 0 saturated heterocycles. The van der Waals surface area contributed by atoms with Crippen LogP contribution < -0.4 is 0 Å². The van der Waals surface area contributed by atoms with Crippen LogP contribution in [0.15, 0.2) is 62.8 Å². The molecule has 22 heavy (non-hydrogen) atoms. The Morgan fingerprint density at radius 3 is 2.05 bits per heavy atom. The number of sulfone groups is 1. The van der Waals surface area contributed by atoms with E-state index in [-0.39, 0.29) is 9.79 Å². The molecule has 0 amide bonds. The van der Waals surface area contributed by atoms with Gasteiger partial charge in [-0.3, -0.25) is 5.10 Å². The first-order valence-corrected chi connectivity index (χ1v) is 9.63. The highest BCUT2D eigenvalue weighted by Gasteiger charge is 2.17. The highest BCUT2D eigenvalue weighted by Crippen LogP contribution is 2.26. The van der Waals surface area contributed by atoms with Crippen molar-refractivity contribution in [3.8, 4) is 10.6 Å². The number of hydrogen-bond acceptors (Lipinski definition) is 5. The Balaban J connectivity index is 1.98. The van der Waals surface area contributed by atoms with Crippen molar-refractivity contribution < 1.29 is 8.42 Å². The molecular formula is C14H9BrN2O2S3. The Kier molecular flexibility index (Phi) is 4.26. The zero-order chi connectivity index (χ0) is 15.7. The van der Waals surface area contributed by atoms with Crippen LogP contribution in [-0.2, 0) is 9.84 Å². The Hall–Kier alpha value is -1.35. The second kappa shape index (κ2) is 6.04. The van der Waals surface area contributed by atoms with Gasteiger partial charge in [0, 0.05) is 10.0 Å². The zero-order valence-electron chi connectivity index (χ0n) is 11.0. The standard InChI is InChI=1S/C14H9BrN2O2S3/c15-10-3-7-12(8-4-10)22(18,19)11-5-1-9(2-6-11)13-16-17-14(20)21-13/h1-8H,(H,17,20). The normalized spacial score (nSPS) is 11.5. The van der Waals surface area contributed by atoms with E-state index < -0.39 is 9.84 Å². The molecule has 0 aliphatic carbocycles. The number of H-pyrrole nitrogens is 1. The zero-order valence-corrected chi connectivity index (χ0v) is 15.0. The van der Waals surface area contributed by atoms with E-state index in [9.17, 15) is 8.42 Å². The minimum atomic E-state index is -3.52. The molecule has 1 aromatic heterocycles. The van der Waals surface area contributed by atoms with Gasteiger partial charge >= 0.3 is 0 Å². The first-order chi connectivity index (χ1) is 10.5. The van der Waals surface area contributed by atoms with E-state index in [0.717, 1.165) is 15.0 Å². The predicted octanol–water partition coefficient (Wildman–Crippen LogP) is 4.46. The largest absolute Gasteiger partial charge is 0.258 e. The second-order valence-corrected chi connectivity index (χ2v) is 8.93. The fourth-order valence-electron chi connectivity index (χ4n) is 1.88. The first-order valence-electron chi connectivity index (χ1n) is 6.13. The van der Waals surface area contributed by atoms with Crippen molar-refractivity contribution in [2.24, 2.45) is 0 Å². The summed E-state index contributed by atoms with van der Waals surface area (Å²) in [6.07, 6.45) is 0. The van der Waals surface area contributed by atoms with E-state index in [0.29, 0.717) is 3.95 Å². The Bertz CT molecular complexity index is 958. The van der Waals surface area contributed by atoms with Gasteiger partial charge in [0.15, 0.2) is 3.95 Å². The van der Waals surface area contributed by atoms with Crippen LogP contribution >= 0.6 is 39.5 Å². The third-order valence-electron chi connectivity index (χ3n) is 2.97. The quantitative estimate of drug-likeness (QED) is 0.644. The highest BCUT2D eigenvalue weighted by molar-refractivity contribution is 9.10. The number of aromatic amines is 1. The lowest BCUT2D eigenvalue weighted by molar-refractivity contribution is 0.596. The molecule has 1 N–H and O–H groups in total. The minimum absolute atomic E-state index is 0.248. The van der Waals surface area contributed by atoms with Gasteiger partial charge in [0.25, 0.3) is 0 Å².